The SMILES string of the molecule is O=C(NOC1CC(O)CCN(O)C1)[C@@H]1CC[C@@H]2CN1C(=O)N2OS(=O)(=O)O. The molecule has 4 N–H and O–H groups in total. The first kappa shape index (κ1) is 20.2. The van der Waals surface area contributed by atoms with Crippen molar-refractivity contribution in [2.75, 3.05) is 19.6 Å². The molecule has 0 aliphatic carbocycles. The van der Waals surface area contributed by atoms with Crippen LogP contribution in [0.3, 0.4) is 0 Å². The number of nitrogens with zero attached hydrogens (tertiary/aromatic N) is 3. The van der Waals surface area contributed by atoms with E-state index < -0.39 is 46.6 Å². The standard InChI is InChI=1S/C13H22N4O9S/c18-9-3-4-15(21)7-10(5-9)25-14-12(19)11-2-1-8-6-16(11)13(20)17(8)26-27(22,23)24/h8-11,18,21H,1-7H2,(H,14,19)(H,22,23,24)/t8-,9?,10?,11+/m1/s1. The van der Waals surface area contributed by atoms with Gasteiger partial charge < -0.3 is 15.2 Å². The third kappa shape index (κ3) is 4.84. The van der Waals surface area contributed by atoms with Crippen molar-refractivity contribution in [1.29, 1.82) is 0 Å². The molecule has 3 rings (SSSR count). The summed E-state index contributed by atoms with van der Waals surface area (Å²) in [6, 6.07) is -2.34. The largest absolute Gasteiger partial charge is 0.418 e. The predicted molar refractivity (Wildman–Crippen MR) is 85.0 cm³/mol. The van der Waals surface area contributed by atoms with Gasteiger partial charge in [0.15, 0.2) is 0 Å². The van der Waals surface area contributed by atoms with Gasteiger partial charge in [0.2, 0.25) is 0 Å². The van der Waals surface area contributed by atoms with Crippen LogP contribution in [0.2, 0.25) is 0 Å². The van der Waals surface area contributed by atoms with Gasteiger partial charge in [-0.15, -0.1) is 4.28 Å². The van der Waals surface area contributed by atoms with Crippen LogP contribution < -0.4 is 5.48 Å². The van der Waals surface area contributed by atoms with Crippen molar-refractivity contribution in [3.05, 3.63) is 0 Å². The number of carbonyl (C=O) groups is 2. The van der Waals surface area contributed by atoms with E-state index >= 15 is 0 Å². The Morgan fingerprint density at radius 2 is 1.96 bits per heavy atom. The van der Waals surface area contributed by atoms with E-state index in [-0.39, 0.29) is 32.5 Å². The van der Waals surface area contributed by atoms with E-state index in [2.05, 4.69) is 9.76 Å². The minimum atomic E-state index is -4.85. The van der Waals surface area contributed by atoms with Crippen LogP contribution in [0.1, 0.15) is 25.7 Å². The van der Waals surface area contributed by atoms with Gasteiger partial charge in [-0.3, -0.25) is 14.2 Å². The van der Waals surface area contributed by atoms with E-state index in [0.717, 1.165) is 9.96 Å². The number of amides is 3. The number of carbonyl (C=O) groups excluding carboxylic acids is 2. The number of aliphatic hydroxyl groups excluding tert-OH is 1. The molecule has 154 valence electrons. The minimum Gasteiger partial charge on any atom is -0.393 e. The van der Waals surface area contributed by atoms with Crippen molar-refractivity contribution >= 4 is 22.3 Å². The Morgan fingerprint density at radius 3 is 2.67 bits per heavy atom. The molecule has 3 amide bonds. The molecule has 0 radical (unpaired) electrons. The van der Waals surface area contributed by atoms with E-state index in [0.29, 0.717) is 17.9 Å². The molecule has 13 nitrogen and oxygen atoms in total. The number of hydrogen-bond acceptors (Lipinski definition) is 9. The Bertz CT molecular complexity index is 677. The Kier molecular flexibility index (Phi) is 5.85. The lowest BCUT2D eigenvalue weighted by Crippen LogP contribution is -2.50. The zero-order valence-electron chi connectivity index (χ0n) is 14.3. The third-order valence-corrected chi connectivity index (χ3v) is 5.14. The molecule has 3 saturated heterocycles. The average molecular weight is 410 g/mol. The van der Waals surface area contributed by atoms with Gasteiger partial charge in [0, 0.05) is 19.5 Å². The molecular weight excluding hydrogens is 388 g/mol. The summed E-state index contributed by atoms with van der Waals surface area (Å²) in [5.41, 5.74) is 2.25. The molecule has 3 fully saturated rings. The number of aliphatic hydroxyl groups is 1. The lowest BCUT2D eigenvalue weighted by Gasteiger charge is -2.29. The highest BCUT2D eigenvalue weighted by atomic mass is 32.3. The molecule has 0 spiro atoms. The summed E-state index contributed by atoms with van der Waals surface area (Å²) < 4.78 is 34.8. The molecule has 14 heteroatoms. The molecule has 0 aromatic rings. The molecule has 0 aromatic heterocycles. The maximum atomic E-state index is 12.4. The van der Waals surface area contributed by atoms with Crippen molar-refractivity contribution in [1.82, 2.24) is 20.5 Å². The summed E-state index contributed by atoms with van der Waals surface area (Å²) in [6.07, 6.45) is -0.172. The molecule has 4 atom stereocenters. The van der Waals surface area contributed by atoms with Crippen LogP contribution in [0.4, 0.5) is 4.79 Å². The summed E-state index contributed by atoms with van der Waals surface area (Å²) in [7, 11) is -4.85. The molecule has 27 heavy (non-hydrogen) atoms. The maximum absolute atomic E-state index is 12.4. The van der Waals surface area contributed by atoms with E-state index in [1.807, 2.05) is 0 Å². The lowest BCUT2D eigenvalue weighted by atomic mass is 10.0. The first-order valence-corrected chi connectivity index (χ1v) is 9.85. The number of rotatable bonds is 5. The Balaban J connectivity index is 1.57. The number of hydrogen-bond donors (Lipinski definition) is 4. The number of piperidine rings is 1. The van der Waals surface area contributed by atoms with E-state index in [4.69, 9.17) is 9.39 Å². The third-order valence-electron chi connectivity index (χ3n) is 4.80. The topological polar surface area (TPSA) is 169 Å². The van der Waals surface area contributed by atoms with E-state index in [1.54, 1.807) is 0 Å². The van der Waals surface area contributed by atoms with Crippen LogP contribution in [0.15, 0.2) is 0 Å². The van der Waals surface area contributed by atoms with Crippen molar-refractivity contribution in [3.63, 3.8) is 0 Å². The van der Waals surface area contributed by atoms with Gasteiger partial charge in [-0.25, -0.2) is 10.3 Å². The zero-order chi connectivity index (χ0) is 19.8. The summed E-state index contributed by atoms with van der Waals surface area (Å²) >= 11 is 0. The van der Waals surface area contributed by atoms with Crippen LogP contribution in [-0.2, 0) is 24.3 Å². The normalized spacial score (nSPS) is 32.5. The molecule has 2 bridgehead atoms. The fraction of sp³-hybridized carbons (Fsp3) is 0.846. The van der Waals surface area contributed by atoms with Gasteiger partial charge in [0.1, 0.15) is 12.1 Å². The highest BCUT2D eigenvalue weighted by molar-refractivity contribution is 7.80. The highest BCUT2D eigenvalue weighted by Gasteiger charge is 2.49. The molecule has 0 aromatic carbocycles. The quantitative estimate of drug-likeness (QED) is 0.301. The summed E-state index contributed by atoms with van der Waals surface area (Å²) in [4.78, 5) is 31.1. The second-order valence-electron chi connectivity index (χ2n) is 6.81. The maximum Gasteiger partial charge on any atom is 0.418 e. The summed E-state index contributed by atoms with van der Waals surface area (Å²) in [6.45, 7) is 0.451. The monoisotopic (exact) mass is 410 g/mol. The van der Waals surface area contributed by atoms with Crippen LogP contribution in [-0.4, -0.2) is 94.2 Å². The van der Waals surface area contributed by atoms with Crippen molar-refractivity contribution in [2.24, 2.45) is 0 Å². The van der Waals surface area contributed by atoms with E-state index in [9.17, 15) is 28.3 Å². The first-order valence-electron chi connectivity index (χ1n) is 8.48. The van der Waals surface area contributed by atoms with Crippen molar-refractivity contribution < 1.29 is 42.0 Å². The Morgan fingerprint density at radius 1 is 1.22 bits per heavy atom. The minimum absolute atomic E-state index is 0.0685. The smallest absolute Gasteiger partial charge is 0.393 e. The lowest BCUT2D eigenvalue weighted by molar-refractivity contribution is -0.155. The average Bonchev–Trinajstić information content (AvgIpc) is 2.71. The Hall–Kier alpha value is -1.55. The predicted octanol–water partition coefficient (Wildman–Crippen LogP) is -1.75. The van der Waals surface area contributed by atoms with E-state index in [1.165, 1.54) is 0 Å². The van der Waals surface area contributed by atoms with Gasteiger partial charge in [-0.05, 0) is 19.3 Å². The fourth-order valence-corrected chi connectivity index (χ4v) is 3.91. The number of nitrogens with one attached hydrogen (secondary N) is 1. The molecule has 3 aliphatic heterocycles. The second kappa shape index (κ2) is 7.83. The summed E-state index contributed by atoms with van der Waals surface area (Å²) in [5, 5.41) is 20.9. The van der Waals surface area contributed by atoms with Crippen molar-refractivity contribution in [3.8, 4) is 0 Å². The van der Waals surface area contributed by atoms with Gasteiger partial charge >= 0.3 is 16.4 Å². The Labute approximate surface area is 155 Å². The molecule has 2 unspecified atom stereocenters. The summed E-state index contributed by atoms with van der Waals surface area (Å²) in [5.74, 6) is -0.612. The van der Waals surface area contributed by atoms with Crippen LogP contribution in [0.5, 0.6) is 0 Å². The molecule has 0 saturated carbocycles. The zero-order valence-corrected chi connectivity index (χ0v) is 15.1. The number of urea groups is 1. The van der Waals surface area contributed by atoms with Gasteiger partial charge in [-0.2, -0.15) is 18.5 Å². The van der Waals surface area contributed by atoms with Gasteiger partial charge in [0.05, 0.1) is 18.7 Å². The number of hydroxylamine groups is 5. The molecule has 3 heterocycles. The number of fused-ring (bicyclic) bond motifs is 2. The van der Waals surface area contributed by atoms with Crippen LogP contribution in [0, 0.1) is 0 Å². The first-order chi connectivity index (χ1) is 12.6. The van der Waals surface area contributed by atoms with Gasteiger partial charge in [0.25, 0.3) is 5.91 Å². The van der Waals surface area contributed by atoms with Crippen LogP contribution >= 0.6 is 0 Å². The second-order valence-corrected chi connectivity index (χ2v) is 7.81. The highest BCUT2D eigenvalue weighted by Crippen LogP contribution is 2.30. The van der Waals surface area contributed by atoms with Crippen LogP contribution in [0.25, 0.3) is 0 Å². The fourth-order valence-electron chi connectivity index (χ4n) is 3.52. The van der Waals surface area contributed by atoms with Gasteiger partial charge in [-0.1, -0.05) is 0 Å². The molecular formula is C13H22N4O9S. The molecule has 3 aliphatic rings. The van der Waals surface area contributed by atoms with Crippen molar-refractivity contribution in [2.45, 2.75) is 50.0 Å².